The van der Waals surface area contributed by atoms with E-state index in [1.165, 1.54) is 186 Å². The van der Waals surface area contributed by atoms with Gasteiger partial charge >= 0.3 is 0 Å². The van der Waals surface area contributed by atoms with Crippen molar-refractivity contribution in [3.63, 3.8) is 0 Å². The lowest BCUT2D eigenvalue weighted by atomic mass is 10.1. The molecule has 1 amide bonds. The van der Waals surface area contributed by atoms with Crippen LogP contribution in [0.5, 0.6) is 0 Å². The Bertz CT molecular complexity index is 566. The summed E-state index contributed by atoms with van der Waals surface area (Å²) >= 11 is 0. The third kappa shape index (κ3) is 37.0. The van der Waals surface area contributed by atoms with E-state index >= 15 is 0 Å². The van der Waals surface area contributed by atoms with Gasteiger partial charge in [-0.1, -0.05) is 173 Å². The summed E-state index contributed by atoms with van der Waals surface area (Å²) in [6, 6.07) is 0. The van der Waals surface area contributed by atoms with E-state index in [4.69, 9.17) is 0 Å². The van der Waals surface area contributed by atoms with Gasteiger partial charge in [0.2, 0.25) is 5.91 Å². The Morgan fingerprint density at radius 2 is 0.667 bits per heavy atom. The molecule has 248 valence electrons. The van der Waals surface area contributed by atoms with Crippen LogP contribution in [0.3, 0.4) is 0 Å². The lowest BCUT2D eigenvalue weighted by Gasteiger charge is -2.06. The third-order valence-corrected chi connectivity index (χ3v) is 8.68. The van der Waals surface area contributed by atoms with Crippen molar-refractivity contribution in [2.75, 3.05) is 6.54 Å². The summed E-state index contributed by atoms with van der Waals surface area (Å²) in [5.41, 5.74) is 0. The molecule has 0 fully saturated rings. The molecule has 0 aliphatic heterocycles. The van der Waals surface area contributed by atoms with E-state index in [2.05, 4.69) is 43.5 Å². The molecular formula is C40H77NO. The van der Waals surface area contributed by atoms with Gasteiger partial charge in [-0.3, -0.25) is 4.79 Å². The first-order chi connectivity index (χ1) is 20.8. The van der Waals surface area contributed by atoms with Gasteiger partial charge in [-0.2, -0.15) is 0 Å². The second kappa shape index (κ2) is 38.0. The monoisotopic (exact) mass is 588 g/mol. The minimum atomic E-state index is 0.265. The summed E-state index contributed by atoms with van der Waals surface area (Å²) in [6.45, 7) is 5.44. The van der Waals surface area contributed by atoms with Crippen molar-refractivity contribution in [2.45, 2.75) is 219 Å². The van der Waals surface area contributed by atoms with Gasteiger partial charge in [-0.25, -0.2) is 0 Å². The average Bonchev–Trinajstić information content (AvgIpc) is 3.00. The normalized spacial score (nSPS) is 11.8. The molecule has 0 atom stereocenters. The number of hydrogen-bond donors (Lipinski definition) is 1. The molecule has 2 nitrogen and oxygen atoms in total. The fraction of sp³-hybridized carbons (Fsp3) is 0.875. The van der Waals surface area contributed by atoms with Crippen LogP contribution in [0.15, 0.2) is 24.3 Å². The minimum absolute atomic E-state index is 0.265. The van der Waals surface area contributed by atoms with Gasteiger partial charge in [0.15, 0.2) is 0 Å². The van der Waals surface area contributed by atoms with Crippen molar-refractivity contribution < 1.29 is 4.79 Å². The molecule has 0 aromatic carbocycles. The molecule has 0 aliphatic carbocycles. The van der Waals surface area contributed by atoms with E-state index < -0.39 is 0 Å². The van der Waals surface area contributed by atoms with E-state index in [-0.39, 0.29) is 5.91 Å². The van der Waals surface area contributed by atoms with Crippen molar-refractivity contribution in [3.05, 3.63) is 24.3 Å². The zero-order valence-electron chi connectivity index (χ0n) is 29.1. The Kier molecular flexibility index (Phi) is 37.0. The quantitative estimate of drug-likeness (QED) is 0.0580. The molecule has 0 rings (SSSR count). The van der Waals surface area contributed by atoms with Crippen LogP contribution < -0.4 is 5.32 Å². The van der Waals surface area contributed by atoms with Gasteiger partial charge < -0.3 is 5.32 Å². The second-order valence-corrected chi connectivity index (χ2v) is 13.0. The molecule has 0 heterocycles. The van der Waals surface area contributed by atoms with E-state index in [9.17, 15) is 4.79 Å². The van der Waals surface area contributed by atoms with Gasteiger partial charge in [0.05, 0.1) is 0 Å². The summed E-state index contributed by atoms with van der Waals surface area (Å²) in [4.78, 5) is 12.1. The molecule has 0 spiro atoms. The molecule has 0 radical (unpaired) electrons. The zero-order chi connectivity index (χ0) is 30.4. The van der Waals surface area contributed by atoms with Crippen molar-refractivity contribution in [2.24, 2.45) is 0 Å². The van der Waals surface area contributed by atoms with Crippen LogP contribution in [0.2, 0.25) is 0 Å². The summed E-state index contributed by atoms with van der Waals surface area (Å²) in [6.07, 6.45) is 51.8. The largest absolute Gasteiger partial charge is 0.356 e. The molecule has 0 saturated heterocycles. The van der Waals surface area contributed by atoms with Gasteiger partial charge in [-0.05, 0) is 64.2 Å². The Hall–Kier alpha value is -1.05. The lowest BCUT2D eigenvalue weighted by molar-refractivity contribution is -0.121. The van der Waals surface area contributed by atoms with Gasteiger partial charge in [0, 0.05) is 13.0 Å². The molecule has 0 aliphatic rings. The first-order valence-electron chi connectivity index (χ1n) is 19.4. The van der Waals surface area contributed by atoms with E-state index in [1.807, 2.05) is 0 Å². The molecule has 0 saturated carbocycles. The third-order valence-electron chi connectivity index (χ3n) is 8.68. The summed E-state index contributed by atoms with van der Waals surface area (Å²) < 4.78 is 0. The highest BCUT2D eigenvalue weighted by molar-refractivity contribution is 5.75. The maximum atomic E-state index is 12.1. The number of rotatable bonds is 35. The van der Waals surface area contributed by atoms with Gasteiger partial charge in [0.25, 0.3) is 0 Å². The van der Waals surface area contributed by atoms with Gasteiger partial charge in [0.1, 0.15) is 0 Å². The van der Waals surface area contributed by atoms with Crippen LogP contribution in [0, 0.1) is 0 Å². The summed E-state index contributed by atoms with van der Waals surface area (Å²) in [5, 5.41) is 3.14. The molecule has 0 unspecified atom stereocenters. The topological polar surface area (TPSA) is 29.1 Å². The zero-order valence-corrected chi connectivity index (χ0v) is 29.1. The first-order valence-corrected chi connectivity index (χ1v) is 19.4. The highest BCUT2D eigenvalue weighted by atomic mass is 16.1. The second-order valence-electron chi connectivity index (χ2n) is 13.0. The van der Waals surface area contributed by atoms with Gasteiger partial charge in [-0.15, -0.1) is 0 Å². The van der Waals surface area contributed by atoms with Crippen molar-refractivity contribution >= 4 is 5.91 Å². The highest BCUT2D eigenvalue weighted by Gasteiger charge is 2.01. The number of unbranched alkanes of at least 4 members (excludes halogenated alkanes) is 27. The van der Waals surface area contributed by atoms with Crippen molar-refractivity contribution in [1.29, 1.82) is 0 Å². The average molecular weight is 588 g/mol. The maximum absolute atomic E-state index is 12.1. The predicted molar refractivity (Wildman–Crippen MR) is 190 cm³/mol. The number of hydrogen-bond acceptors (Lipinski definition) is 1. The Balaban J connectivity index is 3.21. The van der Waals surface area contributed by atoms with E-state index in [0.29, 0.717) is 6.42 Å². The van der Waals surface area contributed by atoms with Crippen LogP contribution in [-0.4, -0.2) is 12.5 Å². The number of amides is 1. The fourth-order valence-corrected chi connectivity index (χ4v) is 5.75. The molecule has 0 bridgehead atoms. The first kappa shape index (κ1) is 41.0. The fourth-order valence-electron chi connectivity index (χ4n) is 5.75. The molecule has 1 N–H and O–H groups in total. The molecular weight excluding hydrogens is 510 g/mol. The summed E-state index contributed by atoms with van der Waals surface area (Å²) in [7, 11) is 0. The smallest absolute Gasteiger partial charge is 0.219 e. The Labute approximate surface area is 265 Å². The van der Waals surface area contributed by atoms with E-state index in [1.54, 1.807) is 0 Å². The number of nitrogens with one attached hydrogen (secondary N) is 1. The molecule has 0 aromatic rings. The van der Waals surface area contributed by atoms with Crippen molar-refractivity contribution in [3.8, 4) is 0 Å². The predicted octanol–water partition coefficient (Wildman–Crippen LogP) is 13.7. The number of allylic oxidation sites excluding steroid dienone is 4. The standard InChI is InChI=1S/C40H77NO/c1-3-5-7-9-11-13-15-17-19-20-21-22-23-25-27-29-31-33-35-37-39-41-40(42)38-36-34-32-30-28-26-24-18-16-14-12-10-8-6-4-2/h17-19,24H,3-16,20-23,25-39H2,1-2H3,(H,41,42). The van der Waals surface area contributed by atoms with Crippen LogP contribution in [-0.2, 0) is 4.79 Å². The Morgan fingerprint density at radius 1 is 0.381 bits per heavy atom. The van der Waals surface area contributed by atoms with Crippen LogP contribution in [0.25, 0.3) is 0 Å². The molecule has 42 heavy (non-hydrogen) atoms. The van der Waals surface area contributed by atoms with E-state index in [0.717, 1.165) is 19.4 Å². The SMILES string of the molecule is CCCCCCCCC=CCCCCCCCCCCCCNC(=O)CCCCCCCC=CCCCCCCCC. The minimum Gasteiger partial charge on any atom is -0.356 e. The molecule has 0 aromatic heterocycles. The number of carbonyl (C=O) groups is 1. The summed E-state index contributed by atoms with van der Waals surface area (Å²) in [5.74, 6) is 0.265. The maximum Gasteiger partial charge on any atom is 0.219 e. The van der Waals surface area contributed by atoms with Crippen molar-refractivity contribution in [1.82, 2.24) is 5.32 Å². The highest BCUT2D eigenvalue weighted by Crippen LogP contribution is 2.13. The number of carbonyl (C=O) groups excluding carboxylic acids is 1. The van der Waals surface area contributed by atoms with Crippen LogP contribution in [0.1, 0.15) is 219 Å². The van der Waals surface area contributed by atoms with Crippen LogP contribution in [0.4, 0.5) is 0 Å². The molecule has 2 heteroatoms. The van der Waals surface area contributed by atoms with Crippen LogP contribution >= 0.6 is 0 Å². The lowest BCUT2D eigenvalue weighted by Crippen LogP contribution is -2.23. The Morgan fingerprint density at radius 3 is 1.02 bits per heavy atom.